The van der Waals surface area contributed by atoms with E-state index in [9.17, 15) is 4.79 Å². The van der Waals surface area contributed by atoms with Crippen molar-refractivity contribution in [1.29, 1.82) is 0 Å². The molecule has 0 aromatic heterocycles. The average Bonchev–Trinajstić information content (AvgIpc) is 2.92. The lowest BCUT2D eigenvalue weighted by Crippen LogP contribution is -2.36. The normalized spacial score (nSPS) is 23.1. The fourth-order valence-electron chi connectivity index (χ4n) is 3.35. The van der Waals surface area contributed by atoms with Crippen LogP contribution in [0.4, 0.5) is 0 Å². The largest absolute Gasteiger partial charge is 0.353 e. The average molecular weight is 258 g/mol. The van der Waals surface area contributed by atoms with E-state index in [2.05, 4.69) is 34.9 Å². The molecule has 1 aliphatic carbocycles. The summed E-state index contributed by atoms with van der Waals surface area (Å²) in [4.78, 5) is 12.1. The molecule has 1 unspecified atom stereocenters. The van der Waals surface area contributed by atoms with Crippen molar-refractivity contribution in [1.82, 2.24) is 10.6 Å². The van der Waals surface area contributed by atoms with Crippen LogP contribution in [0.25, 0.3) is 0 Å². The summed E-state index contributed by atoms with van der Waals surface area (Å²) in [6.07, 6.45) is 5.45. The van der Waals surface area contributed by atoms with Gasteiger partial charge in [0.15, 0.2) is 0 Å². The lowest BCUT2D eigenvalue weighted by Gasteiger charge is -2.26. The Balaban J connectivity index is 1.62. The van der Waals surface area contributed by atoms with Crippen molar-refractivity contribution in [3.05, 3.63) is 35.4 Å². The van der Waals surface area contributed by atoms with E-state index in [1.165, 1.54) is 24.0 Å². The van der Waals surface area contributed by atoms with Crippen molar-refractivity contribution < 1.29 is 4.79 Å². The molecule has 0 spiro atoms. The van der Waals surface area contributed by atoms with Gasteiger partial charge in [0.05, 0.1) is 0 Å². The molecule has 1 fully saturated rings. The summed E-state index contributed by atoms with van der Waals surface area (Å²) in [7, 11) is 0. The zero-order chi connectivity index (χ0) is 13.1. The molecule has 3 rings (SSSR count). The van der Waals surface area contributed by atoms with E-state index in [0.29, 0.717) is 18.4 Å². The minimum Gasteiger partial charge on any atom is -0.353 e. The third kappa shape index (κ3) is 2.98. The third-order valence-corrected chi connectivity index (χ3v) is 4.35. The molecule has 3 heteroatoms. The molecule has 1 aromatic rings. The lowest BCUT2D eigenvalue weighted by atomic mass is 9.88. The van der Waals surface area contributed by atoms with Gasteiger partial charge < -0.3 is 10.6 Å². The van der Waals surface area contributed by atoms with Crippen molar-refractivity contribution in [2.75, 3.05) is 6.54 Å². The predicted molar refractivity (Wildman–Crippen MR) is 75.9 cm³/mol. The van der Waals surface area contributed by atoms with Gasteiger partial charge >= 0.3 is 0 Å². The molecular weight excluding hydrogens is 236 g/mol. The minimum atomic E-state index is 0.218. The van der Waals surface area contributed by atoms with Crippen LogP contribution in [0.2, 0.25) is 0 Å². The first-order chi connectivity index (χ1) is 9.33. The highest BCUT2D eigenvalue weighted by Crippen LogP contribution is 2.26. The zero-order valence-corrected chi connectivity index (χ0v) is 11.3. The molecule has 0 saturated heterocycles. The number of hydrogen-bond donors (Lipinski definition) is 2. The van der Waals surface area contributed by atoms with Crippen molar-refractivity contribution >= 4 is 5.91 Å². The molecule has 19 heavy (non-hydrogen) atoms. The molecule has 3 nitrogen and oxygen atoms in total. The van der Waals surface area contributed by atoms with E-state index < -0.39 is 0 Å². The first-order valence-corrected chi connectivity index (χ1v) is 7.41. The summed E-state index contributed by atoms with van der Waals surface area (Å²) < 4.78 is 0. The molecule has 1 aliphatic heterocycles. The summed E-state index contributed by atoms with van der Waals surface area (Å²) in [5.41, 5.74) is 2.69. The molecule has 0 bridgehead atoms. The molecule has 1 aromatic carbocycles. The Bertz CT molecular complexity index is 452. The quantitative estimate of drug-likeness (QED) is 0.873. The van der Waals surface area contributed by atoms with Crippen LogP contribution < -0.4 is 10.6 Å². The zero-order valence-electron chi connectivity index (χ0n) is 11.3. The van der Waals surface area contributed by atoms with Gasteiger partial charge in [0.1, 0.15) is 0 Å². The first kappa shape index (κ1) is 12.7. The summed E-state index contributed by atoms with van der Waals surface area (Å²) >= 11 is 0. The fraction of sp³-hybridized carbons (Fsp3) is 0.562. The van der Waals surface area contributed by atoms with Crippen molar-refractivity contribution in [2.45, 2.75) is 50.6 Å². The second-order valence-corrected chi connectivity index (χ2v) is 5.78. The highest BCUT2D eigenvalue weighted by molar-refractivity contribution is 5.77. The van der Waals surface area contributed by atoms with Crippen LogP contribution in [0.15, 0.2) is 24.3 Å². The van der Waals surface area contributed by atoms with Gasteiger partial charge in [-0.25, -0.2) is 0 Å². The molecular formula is C16H22N2O. The van der Waals surface area contributed by atoms with Gasteiger partial charge in [-0.05, 0) is 24.0 Å². The van der Waals surface area contributed by atoms with Gasteiger partial charge in [-0.3, -0.25) is 4.79 Å². The maximum atomic E-state index is 12.1. The van der Waals surface area contributed by atoms with E-state index in [0.717, 1.165) is 25.9 Å². The van der Waals surface area contributed by atoms with Crippen molar-refractivity contribution in [2.24, 2.45) is 0 Å². The van der Waals surface area contributed by atoms with Crippen LogP contribution in [0, 0.1) is 0 Å². The molecule has 1 heterocycles. The van der Waals surface area contributed by atoms with Gasteiger partial charge in [0.2, 0.25) is 5.91 Å². The highest BCUT2D eigenvalue weighted by atomic mass is 16.1. The van der Waals surface area contributed by atoms with E-state index >= 15 is 0 Å². The monoisotopic (exact) mass is 258 g/mol. The molecule has 102 valence electrons. The van der Waals surface area contributed by atoms with Crippen LogP contribution >= 0.6 is 0 Å². The van der Waals surface area contributed by atoms with Crippen LogP contribution in [0.3, 0.4) is 0 Å². The molecule has 1 amide bonds. The standard InChI is InChI=1S/C16H22N2O/c19-16(18-14-6-2-3-7-14)9-13-11-17-10-12-5-1-4-8-15(12)13/h1,4-5,8,13-14,17H,2-3,6-7,9-11H2,(H,18,19). The van der Waals surface area contributed by atoms with Crippen LogP contribution in [-0.2, 0) is 11.3 Å². The Kier molecular flexibility index (Phi) is 3.83. The van der Waals surface area contributed by atoms with Gasteiger partial charge in [0, 0.05) is 31.5 Å². The molecule has 2 N–H and O–H groups in total. The number of nitrogens with one attached hydrogen (secondary N) is 2. The van der Waals surface area contributed by atoms with Gasteiger partial charge in [-0.1, -0.05) is 37.1 Å². The third-order valence-electron chi connectivity index (χ3n) is 4.35. The second kappa shape index (κ2) is 5.74. The van der Waals surface area contributed by atoms with E-state index in [-0.39, 0.29) is 5.91 Å². The Labute approximate surface area is 114 Å². The van der Waals surface area contributed by atoms with Crippen LogP contribution in [0.5, 0.6) is 0 Å². The SMILES string of the molecule is O=C(CC1CNCc2ccccc21)NC1CCCC1. The van der Waals surface area contributed by atoms with E-state index in [4.69, 9.17) is 0 Å². The van der Waals surface area contributed by atoms with E-state index in [1.54, 1.807) is 0 Å². The number of fused-ring (bicyclic) bond motifs is 1. The fourth-order valence-corrected chi connectivity index (χ4v) is 3.35. The number of carbonyl (C=O) groups excluding carboxylic acids is 1. The van der Waals surface area contributed by atoms with Crippen molar-refractivity contribution in [3.8, 4) is 0 Å². The number of rotatable bonds is 3. The van der Waals surface area contributed by atoms with Gasteiger partial charge in [-0.2, -0.15) is 0 Å². The second-order valence-electron chi connectivity index (χ2n) is 5.78. The van der Waals surface area contributed by atoms with Crippen LogP contribution in [-0.4, -0.2) is 18.5 Å². The Morgan fingerprint density at radius 3 is 2.89 bits per heavy atom. The predicted octanol–water partition coefficient (Wildman–Crippen LogP) is 2.32. The molecule has 1 saturated carbocycles. The molecule has 2 aliphatic rings. The summed E-state index contributed by atoms with van der Waals surface area (Å²) in [5, 5.41) is 6.60. The Hall–Kier alpha value is -1.35. The molecule has 0 radical (unpaired) electrons. The lowest BCUT2D eigenvalue weighted by molar-refractivity contribution is -0.122. The highest BCUT2D eigenvalue weighted by Gasteiger charge is 2.24. The van der Waals surface area contributed by atoms with Crippen LogP contribution in [0.1, 0.15) is 49.1 Å². The summed E-state index contributed by atoms with van der Waals surface area (Å²) in [6.45, 7) is 1.84. The van der Waals surface area contributed by atoms with Crippen molar-refractivity contribution in [3.63, 3.8) is 0 Å². The summed E-state index contributed by atoms with van der Waals surface area (Å²) in [5.74, 6) is 0.543. The maximum Gasteiger partial charge on any atom is 0.220 e. The number of carbonyl (C=O) groups is 1. The van der Waals surface area contributed by atoms with Gasteiger partial charge in [-0.15, -0.1) is 0 Å². The van der Waals surface area contributed by atoms with Gasteiger partial charge in [0.25, 0.3) is 0 Å². The first-order valence-electron chi connectivity index (χ1n) is 7.41. The Morgan fingerprint density at radius 1 is 1.26 bits per heavy atom. The minimum absolute atomic E-state index is 0.218. The Morgan fingerprint density at radius 2 is 2.05 bits per heavy atom. The number of hydrogen-bond acceptors (Lipinski definition) is 2. The number of benzene rings is 1. The number of amides is 1. The summed E-state index contributed by atoms with van der Waals surface area (Å²) in [6, 6.07) is 8.90. The molecule has 1 atom stereocenters. The topological polar surface area (TPSA) is 41.1 Å². The van der Waals surface area contributed by atoms with E-state index in [1.807, 2.05) is 0 Å². The smallest absolute Gasteiger partial charge is 0.220 e. The maximum absolute atomic E-state index is 12.1.